The number of aromatic nitrogens is 2. The molecule has 146 valence electrons. The maximum Gasteiger partial charge on any atom is 0.416 e. The number of aromatic carboxylic acids is 1. The Hall–Kier alpha value is -3.16. The molecule has 0 aliphatic rings. The lowest BCUT2D eigenvalue weighted by molar-refractivity contribution is -0.137. The molecular formula is C20H16F4N2O2. The van der Waals surface area contributed by atoms with Crippen molar-refractivity contribution in [3.63, 3.8) is 0 Å². The molecule has 0 aliphatic heterocycles. The van der Waals surface area contributed by atoms with Crippen LogP contribution in [0.5, 0.6) is 0 Å². The standard InChI is InChI=1S/C20H16F4N2O2/c1-11-5-13(3-4-17(11)19(27)28)18-10-16(25-26(18)2)8-12-6-14(20(22,23)24)9-15(21)7-12/h3-7,9-10H,8H2,1-2H3,(H,27,28). The van der Waals surface area contributed by atoms with E-state index in [0.29, 0.717) is 23.0 Å². The number of hydrogen-bond donors (Lipinski definition) is 1. The van der Waals surface area contributed by atoms with Crippen LogP contribution in [-0.2, 0) is 19.6 Å². The van der Waals surface area contributed by atoms with Crippen LogP contribution in [0.2, 0.25) is 0 Å². The van der Waals surface area contributed by atoms with Gasteiger partial charge in [-0.05, 0) is 54.4 Å². The van der Waals surface area contributed by atoms with Gasteiger partial charge in [0.1, 0.15) is 5.82 Å². The van der Waals surface area contributed by atoms with E-state index in [9.17, 15) is 22.4 Å². The molecule has 0 saturated heterocycles. The van der Waals surface area contributed by atoms with Gasteiger partial charge in [0.15, 0.2) is 0 Å². The van der Waals surface area contributed by atoms with Gasteiger partial charge < -0.3 is 5.11 Å². The van der Waals surface area contributed by atoms with Gasteiger partial charge >= 0.3 is 12.1 Å². The summed E-state index contributed by atoms with van der Waals surface area (Å²) in [6, 6.07) is 8.93. The predicted molar refractivity (Wildman–Crippen MR) is 94.5 cm³/mol. The number of aryl methyl sites for hydroxylation is 2. The largest absolute Gasteiger partial charge is 0.478 e. The van der Waals surface area contributed by atoms with E-state index in [0.717, 1.165) is 17.7 Å². The molecule has 1 N–H and O–H groups in total. The Kier molecular flexibility index (Phi) is 4.97. The fraction of sp³-hybridized carbons (Fsp3) is 0.200. The Morgan fingerprint density at radius 1 is 1.14 bits per heavy atom. The summed E-state index contributed by atoms with van der Waals surface area (Å²) in [5.74, 6) is -1.98. The molecule has 0 atom stereocenters. The summed E-state index contributed by atoms with van der Waals surface area (Å²) in [5, 5.41) is 13.4. The van der Waals surface area contributed by atoms with E-state index in [1.165, 1.54) is 6.07 Å². The van der Waals surface area contributed by atoms with Crippen molar-refractivity contribution in [2.24, 2.45) is 7.05 Å². The first-order valence-electron chi connectivity index (χ1n) is 8.28. The number of carboxylic acids is 1. The lowest BCUT2D eigenvalue weighted by Crippen LogP contribution is -2.06. The molecule has 0 unspecified atom stereocenters. The summed E-state index contributed by atoms with van der Waals surface area (Å²) in [7, 11) is 1.67. The minimum atomic E-state index is -4.63. The first-order chi connectivity index (χ1) is 13.0. The summed E-state index contributed by atoms with van der Waals surface area (Å²) in [6.45, 7) is 1.68. The summed E-state index contributed by atoms with van der Waals surface area (Å²) in [5.41, 5.74) is 1.74. The second-order valence-electron chi connectivity index (χ2n) is 6.50. The highest BCUT2D eigenvalue weighted by atomic mass is 19.4. The maximum atomic E-state index is 13.6. The van der Waals surface area contributed by atoms with Crippen molar-refractivity contribution in [1.29, 1.82) is 0 Å². The molecule has 3 rings (SSSR count). The molecule has 3 aromatic rings. The van der Waals surface area contributed by atoms with Crippen molar-refractivity contribution < 1.29 is 27.5 Å². The minimum Gasteiger partial charge on any atom is -0.478 e. The smallest absolute Gasteiger partial charge is 0.416 e. The van der Waals surface area contributed by atoms with Crippen molar-refractivity contribution in [2.45, 2.75) is 19.5 Å². The Balaban J connectivity index is 1.92. The molecule has 0 amide bonds. The highest BCUT2D eigenvalue weighted by Crippen LogP contribution is 2.31. The quantitative estimate of drug-likeness (QED) is 0.647. The third kappa shape index (κ3) is 4.05. The summed E-state index contributed by atoms with van der Waals surface area (Å²) >= 11 is 0. The fourth-order valence-electron chi connectivity index (χ4n) is 3.07. The molecule has 1 heterocycles. The van der Waals surface area contributed by atoms with E-state index < -0.39 is 23.5 Å². The van der Waals surface area contributed by atoms with Crippen molar-refractivity contribution >= 4 is 5.97 Å². The summed E-state index contributed by atoms with van der Waals surface area (Å²) in [6.07, 6.45) is -4.60. The van der Waals surface area contributed by atoms with Crippen LogP contribution in [0.4, 0.5) is 17.6 Å². The first kappa shape index (κ1) is 19.6. The fourth-order valence-corrected chi connectivity index (χ4v) is 3.07. The van der Waals surface area contributed by atoms with Crippen LogP contribution in [0.15, 0.2) is 42.5 Å². The lowest BCUT2D eigenvalue weighted by atomic mass is 10.0. The number of carbonyl (C=O) groups is 1. The topological polar surface area (TPSA) is 55.1 Å². The Bertz CT molecular complexity index is 1050. The van der Waals surface area contributed by atoms with Crippen molar-refractivity contribution in [1.82, 2.24) is 9.78 Å². The highest BCUT2D eigenvalue weighted by molar-refractivity contribution is 5.90. The second-order valence-corrected chi connectivity index (χ2v) is 6.50. The van der Waals surface area contributed by atoms with E-state index in [1.54, 1.807) is 36.9 Å². The van der Waals surface area contributed by atoms with Crippen molar-refractivity contribution in [2.75, 3.05) is 0 Å². The molecule has 0 fully saturated rings. The summed E-state index contributed by atoms with van der Waals surface area (Å²) < 4.78 is 53.8. The van der Waals surface area contributed by atoms with Crippen molar-refractivity contribution in [3.05, 3.63) is 76.2 Å². The molecule has 0 spiro atoms. The first-order valence-corrected chi connectivity index (χ1v) is 8.28. The van der Waals surface area contributed by atoms with Gasteiger partial charge in [-0.2, -0.15) is 18.3 Å². The van der Waals surface area contributed by atoms with Gasteiger partial charge in [0.05, 0.1) is 22.5 Å². The molecule has 8 heteroatoms. The third-order valence-electron chi connectivity index (χ3n) is 4.35. The highest BCUT2D eigenvalue weighted by Gasteiger charge is 2.31. The molecule has 28 heavy (non-hydrogen) atoms. The number of nitrogens with zero attached hydrogens (tertiary/aromatic N) is 2. The maximum absolute atomic E-state index is 13.6. The SMILES string of the molecule is Cc1cc(-c2cc(Cc3cc(F)cc(C(F)(F)F)c3)nn2C)ccc1C(=O)O. The Morgan fingerprint density at radius 2 is 1.86 bits per heavy atom. The van der Waals surface area contributed by atoms with Gasteiger partial charge in [-0.25, -0.2) is 9.18 Å². The zero-order chi connectivity index (χ0) is 20.6. The molecule has 0 saturated carbocycles. The van der Waals surface area contributed by atoms with Crippen LogP contribution in [0.1, 0.15) is 32.7 Å². The number of benzene rings is 2. The molecule has 0 bridgehead atoms. The van der Waals surface area contributed by atoms with Crippen LogP contribution < -0.4 is 0 Å². The van der Waals surface area contributed by atoms with Crippen LogP contribution in [0.3, 0.4) is 0 Å². The van der Waals surface area contributed by atoms with E-state index >= 15 is 0 Å². The van der Waals surface area contributed by atoms with E-state index in [4.69, 9.17) is 5.11 Å². The molecule has 4 nitrogen and oxygen atoms in total. The van der Waals surface area contributed by atoms with Crippen LogP contribution >= 0.6 is 0 Å². The second kappa shape index (κ2) is 7.10. The third-order valence-corrected chi connectivity index (χ3v) is 4.35. The van der Waals surface area contributed by atoms with Gasteiger partial charge in [0, 0.05) is 19.0 Å². The van der Waals surface area contributed by atoms with Crippen molar-refractivity contribution in [3.8, 4) is 11.3 Å². The number of carboxylic acid groups (broad SMARTS) is 1. The van der Waals surface area contributed by atoms with Gasteiger partial charge in [-0.1, -0.05) is 6.07 Å². The zero-order valence-corrected chi connectivity index (χ0v) is 15.0. The molecule has 0 radical (unpaired) electrons. The lowest BCUT2D eigenvalue weighted by Gasteiger charge is -2.08. The van der Waals surface area contributed by atoms with Crippen LogP contribution in [0, 0.1) is 12.7 Å². The van der Waals surface area contributed by atoms with E-state index in [1.807, 2.05) is 0 Å². The number of hydrogen-bond acceptors (Lipinski definition) is 2. The van der Waals surface area contributed by atoms with Gasteiger partial charge in [-0.15, -0.1) is 0 Å². The molecule has 0 aliphatic carbocycles. The van der Waals surface area contributed by atoms with Gasteiger partial charge in [0.25, 0.3) is 0 Å². The van der Waals surface area contributed by atoms with Crippen LogP contribution in [0.25, 0.3) is 11.3 Å². The number of halogens is 4. The number of rotatable bonds is 4. The minimum absolute atomic E-state index is 0.0286. The molecule has 2 aromatic carbocycles. The van der Waals surface area contributed by atoms with Gasteiger partial charge in [-0.3, -0.25) is 4.68 Å². The predicted octanol–water partition coefficient (Wildman–Crippen LogP) is 4.84. The monoisotopic (exact) mass is 392 g/mol. The number of alkyl halides is 3. The van der Waals surface area contributed by atoms with E-state index in [2.05, 4.69) is 5.10 Å². The Labute approximate surface area is 158 Å². The van der Waals surface area contributed by atoms with Crippen LogP contribution in [-0.4, -0.2) is 20.9 Å². The average molecular weight is 392 g/mol. The zero-order valence-electron chi connectivity index (χ0n) is 15.0. The van der Waals surface area contributed by atoms with Gasteiger partial charge in [0.2, 0.25) is 0 Å². The summed E-state index contributed by atoms with van der Waals surface area (Å²) in [4.78, 5) is 11.1. The molecular weight excluding hydrogens is 376 g/mol. The molecule has 1 aromatic heterocycles. The Morgan fingerprint density at radius 3 is 2.46 bits per heavy atom. The van der Waals surface area contributed by atoms with E-state index in [-0.39, 0.29) is 17.5 Å². The average Bonchev–Trinajstić information content (AvgIpc) is 2.93. The normalized spacial score (nSPS) is 11.6.